The van der Waals surface area contributed by atoms with Gasteiger partial charge in [-0.2, -0.15) is 26.3 Å². The Kier molecular flexibility index (Phi) is 21.3. The molecule has 8 aromatic carbocycles. The van der Waals surface area contributed by atoms with Crippen molar-refractivity contribution in [3.63, 3.8) is 0 Å². The first kappa shape index (κ1) is 62.3. The van der Waals surface area contributed by atoms with E-state index in [0.29, 0.717) is 70.8 Å². The zero-order chi connectivity index (χ0) is 58.8. The zero-order valence-electron chi connectivity index (χ0n) is 40.9. The Morgan fingerprint density at radius 1 is 0.407 bits per heavy atom. The first-order valence-corrected chi connectivity index (χ1v) is 27.5. The molecule has 0 atom stereocenters. The number of thiocarbonyl (C=S) groups is 1. The minimum Gasteiger partial charge on any atom is -0.355 e. The molecule has 0 aliphatic carbocycles. The Morgan fingerprint density at radius 3 is 1.12 bits per heavy atom. The van der Waals surface area contributed by atoms with Crippen LogP contribution in [0.1, 0.15) is 31.8 Å². The molecule has 0 spiro atoms. The normalized spacial score (nSPS) is 11.4. The monoisotopic (exact) mass is 1300 g/mol. The van der Waals surface area contributed by atoms with Gasteiger partial charge in [-0.3, -0.25) is 9.59 Å². The van der Waals surface area contributed by atoms with Crippen molar-refractivity contribution >= 4 is 196 Å². The van der Waals surface area contributed by atoms with E-state index in [9.17, 15) is 35.9 Å². The highest BCUT2D eigenvalue weighted by molar-refractivity contribution is 8.13. The van der Waals surface area contributed by atoms with Gasteiger partial charge >= 0.3 is 12.4 Å². The van der Waals surface area contributed by atoms with Gasteiger partial charge in [0.2, 0.25) is 0 Å². The van der Waals surface area contributed by atoms with Crippen molar-refractivity contribution in [3.05, 3.63) is 220 Å². The average molecular weight is 1300 g/mol. The number of thioether (sulfide) groups is 1. The molecule has 0 radical (unpaired) electrons. The summed E-state index contributed by atoms with van der Waals surface area (Å²) in [5, 5.41) is 23.9. The van der Waals surface area contributed by atoms with Crippen molar-refractivity contribution in [2.45, 2.75) is 12.4 Å². The van der Waals surface area contributed by atoms with E-state index in [0.717, 1.165) is 24.3 Å². The standard InChI is InChI=1S/C28H19Cl4F3N4OS.C27H17Cl4F3N4OS/c1-41-27(38-22-10-19(31)9-20(32)11-22)39-25-13-23(36-21-4-2-3-16(7-21)28(33,34)35)12-24(14-25)37-26(40)15-5-17(29)8-18(30)6-15;28-16-4-14(5-17(29)7-16)25(39)36-23-11-22(35-20-3-1-2-15(6-20)27(32,33)34)12-24(13-23)38-26(40)37-21-9-18(30)8-19(31)10-21/h2-14,36H,1H3,(H,37,40)(H,38,39);1-13,35H,(H,36,39)(H2,37,38,40). The summed E-state index contributed by atoms with van der Waals surface area (Å²) in [6.45, 7) is 0. The molecule has 81 heavy (non-hydrogen) atoms. The fourth-order valence-corrected chi connectivity index (χ4v) is 9.99. The molecule has 8 aromatic rings. The molecule has 418 valence electrons. The summed E-state index contributed by atoms with van der Waals surface area (Å²) in [4.78, 5) is 30.5. The van der Waals surface area contributed by atoms with Crippen LogP contribution in [0.4, 0.5) is 83.2 Å². The molecule has 8 rings (SSSR count). The number of hydrogen-bond acceptors (Lipinski definition) is 7. The summed E-state index contributed by atoms with van der Waals surface area (Å²) >= 11 is 55.1. The van der Waals surface area contributed by atoms with Crippen LogP contribution in [0.2, 0.25) is 40.2 Å². The maximum atomic E-state index is 13.3. The second kappa shape index (κ2) is 27.7. The van der Waals surface area contributed by atoms with Gasteiger partial charge in [0, 0.05) is 102 Å². The van der Waals surface area contributed by atoms with E-state index in [1.54, 1.807) is 79.1 Å². The van der Waals surface area contributed by atoms with Crippen molar-refractivity contribution < 1.29 is 35.9 Å². The number of hydrogen-bond donors (Lipinski definition) is 7. The van der Waals surface area contributed by atoms with Gasteiger partial charge in [-0.05, 0) is 164 Å². The fraction of sp³-hybridized carbons (Fsp3) is 0.0545. The lowest BCUT2D eigenvalue weighted by atomic mass is 10.1. The van der Waals surface area contributed by atoms with Crippen molar-refractivity contribution in [1.82, 2.24) is 0 Å². The number of amides is 2. The Balaban J connectivity index is 0.000000234. The molecule has 0 aliphatic heterocycles. The predicted octanol–water partition coefficient (Wildman–Crippen LogP) is 20.9. The van der Waals surface area contributed by atoms with Crippen molar-refractivity contribution in [1.29, 1.82) is 0 Å². The van der Waals surface area contributed by atoms with Crippen LogP contribution < -0.4 is 37.2 Å². The van der Waals surface area contributed by atoms with Gasteiger partial charge in [-0.25, -0.2) is 4.99 Å². The van der Waals surface area contributed by atoms with Crippen molar-refractivity contribution in [2.24, 2.45) is 4.99 Å². The van der Waals surface area contributed by atoms with E-state index < -0.39 is 35.3 Å². The third kappa shape index (κ3) is 19.4. The summed E-state index contributed by atoms with van der Waals surface area (Å²) in [5.41, 5.74) is 2.42. The number of alkyl halides is 6. The van der Waals surface area contributed by atoms with E-state index in [2.05, 4.69) is 42.2 Å². The molecular weight excluding hydrogens is 1270 g/mol. The predicted molar refractivity (Wildman–Crippen MR) is 328 cm³/mol. The largest absolute Gasteiger partial charge is 0.416 e. The van der Waals surface area contributed by atoms with Gasteiger partial charge in [0.05, 0.1) is 16.8 Å². The molecule has 10 nitrogen and oxygen atoms in total. The number of carbonyl (C=O) groups excluding carboxylic acids is 2. The topological polar surface area (TPSA) is 131 Å². The molecule has 7 N–H and O–H groups in total. The smallest absolute Gasteiger partial charge is 0.355 e. The van der Waals surface area contributed by atoms with Crippen LogP contribution in [0.5, 0.6) is 0 Å². The number of carbonyl (C=O) groups is 2. The molecule has 0 aliphatic rings. The molecule has 26 heteroatoms. The van der Waals surface area contributed by atoms with E-state index in [1.165, 1.54) is 72.4 Å². The first-order valence-electron chi connectivity index (χ1n) is 22.9. The van der Waals surface area contributed by atoms with Crippen LogP contribution in [0.3, 0.4) is 0 Å². The van der Waals surface area contributed by atoms with Crippen LogP contribution >= 0.6 is 117 Å². The number of nitrogens with one attached hydrogen (secondary N) is 7. The summed E-state index contributed by atoms with van der Waals surface area (Å²) in [6, 6.07) is 37.5. The molecule has 0 fully saturated rings. The molecule has 0 saturated heterocycles. The highest BCUT2D eigenvalue weighted by Crippen LogP contribution is 2.36. The third-order valence-electron chi connectivity index (χ3n) is 10.5. The number of aliphatic imine (C=N–C) groups is 1. The van der Waals surface area contributed by atoms with Crippen LogP contribution in [0.15, 0.2) is 163 Å². The lowest BCUT2D eigenvalue weighted by molar-refractivity contribution is -0.138. The second-order valence-corrected chi connectivity index (χ2v) is 21.5. The Morgan fingerprint density at radius 2 is 0.728 bits per heavy atom. The minimum absolute atomic E-state index is 0.161. The van der Waals surface area contributed by atoms with Gasteiger partial charge in [-0.1, -0.05) is 117 Å². The Labute approximate surface area is 508 Å². The number of rotatable bonds is 12. The van der Waals surface area contributed by atoms with Crippen molar-refractivity contribution in [3.8, 4) is 0 Å². The quantitative estimate of drug-likeness (QED) is 0.0277. The van der Waals surface area contributed by atoms with Gasteiger partial charge < -0.3 is 37.2 Å². The van der Waals surface area contributed by atoms with Gasteiger partial charge in [0.15, 0.2) is 10.3 Å². The molecular formula is C55H36Cl8F6N8O2S2. The maximum Gasteiger partial charge on any atom is 0.416 e. The van der Waals surface area contributed by atoms with E-state index in [1.807, 2.05) is 0 Å². The number of benzene rings is 8. The van der Waals surface area contributed by atoms with Crippen LogP contribution in [-0.4, -0.2) is 28.4 Å². The van der Waals surface area contributed by atoms with E-state index in [4.69, 9.17) is 105 Å². The van der Waals surface area contributed by atoms with Gasteiger partial charge in [-0.15, -0.1) is 0 Å². The summed E-state index contributed by atoms with van der Waals surface area (Å²) < 4.78 is 79.5. The Hall–Kier alpha value is -6.29. The number of halogens is 14. The third-order valence-corrected chi connectivity index (χ3v) is 13.0. The number of nitrogens with zero attached hydrogens (tertiary/aromatic N) is 1. The average Bonchev–Trinajstić information content (AvgIpc) is 3.46. The fourth-order valence-electron chi connectivity index (χ4n) is 7.23. The lowest BCUT2D eigenvalue weighted by Gasteiger charge is -2.16. The molecule has 2 amide bonds. The molecule has 0 unspecified atom stereocenters. The highest BCUT2D eigenvalue weighted by atomic mass is 35.5. The van der Waals surface area contributed by atoms with Gasteiger partial charge in [0.25, 0.3) is 11.8 Å². The van der Waals surface area contributed by atoms with Crippen molar-refractivity contribution in [2.75, 3.05) is 43.5 Å². The minimum atomic E-state index is -4.51. The molecule has 0 heterocycles. The van der Waals surface area contributed by atoms with E-state index in [-0.39, 0.29) is 47.7 Å². The maximum absolute atomic E-state index is 13.3. The summed E-state index contributed by atoms with van der Waals surface area (Å²) in [7, 11) is 0. The first-order chi connectivity index (χ1) is 38.2. The molecule has 0 bridgehead atoms. The highest BCUT2D eigenvalue weighted by Gasteiger charge is 2.31. The zero-order valence-corrected chi connectivity index (χ0v) is 48.6. The Bertz CT molecular complexity index is 3630. The number of anilines is 9. The van der Waals surface area contributed by atoms with Crippen LogP contribution in [0.25, 0.3) is 0 Å². The molecule has 0 saturated carbocycles. The summed E-state index contributed by atoms with van der Waals surface area (Å²) in [5.74, 6) is -1.02. The summed E-state index contributed by atoms with van der Waals surface area (Å²) in [6.07, 6.45) is -7.23. The molecule has 0 aromatic heterocycles. The lowest BCUT2D eigenvalue weighted by Crippen LogP contribution is -2.19. The second-order valence-electron chi connectivity index (χ2n) is 16.8. The SMILES string of the molecule is CSC(=Nc1cc(NC(=O)c2cc(Cl)cc(Cl)c2)cc(Nc2cccc(C(F)(F)F)c2)c1)Nc1cc(Cl)cc(Cl)c1.O=C(Nc1cc(NC(=S)Nc2cc(Cl)cc(Cl)c2)cc(Nc2cccc(C(F)(F)F)c2)c1)c1cc(Cl)cc(Cl)c1. The van der Waals surface area contributed by atoms with Crippen LogP contribution in [0, 0.1) is 0 Å². The van der Waals surface area contributed by atoms with Crippen LogP contribution in [-0.2, 0) is 12.4 Å². The number of amidine groups is 1. The van der Waals surface area contributed by atoms with Gasteiger partial charge in [0.1, 0.15) is 0 Å². The van der Waals surface area contributed by atoms with E-state index >= 15 is 0 Å².